The van der Waals surface area contributed by atoms with Crippen LogP contribution in [0.3, 0.4) is 0 Å². The fourth-order valence-electron chi connectivity index (χ4n) is 3.51. The summed E-state index contributed by atoms with van der Waals surface area (Å²) in [6, 6.07) is 25.7. The fraction of sp³-hybridized carbons (Fsp3) is 0.120. The zero-order valence-corrected chi connectivity index (χ0v) is 16.6. The molecule has 2 heterocycles. The van der Waals surface area contributed by atoms with Gasteiger partial charge in [-0.1, -0.05) is 42.5 Å². The van der Waals surface area contributed by atoms with E-state index >= 15 is 0 Å². The summed E-state index contributed by atoms with van der Waals surface area (Å²) in [5.41, 5.74) is 6.94. The van der Waals surface area contributed by atoms with Crippen LogP contribution < -0.4 is 5.32 Å². The summed E-state index contributed by atoms with van der Waals surface area (Å²) >= 11 is 0. The van der Waals surface area contributed by atoms with Crippen LogP contribution in [0.4, 0.5) is 0 Å². The minimum atomic E-state index is -0.0845. The Morgan fingerprint density at radius 3 is 2.24 bits per heavy atom. The maximum Gasteiger partial charge on any atom is 0.251 e. The van der Waals surface area contributed by atoms with Gasteiger partial charge in [-0.3, -0.25) is 9.78 Å². The SMILES string of the molecule is Cc1ccc(C)n1-c1cccnc1-c1ccc(C(=O)NCc2ccccc2)cc1. The highest BCUT2D eigenvalue weighted by Gasteiger charge is 2.12. The van der Waals surface area contributed by atoms with E-state index in [9.17, 15) is 4.79 Å². The molecule has 0 atom stereocenters. The van der Waals surface area contributed by atoms with Gasteiger partial charge in [-0.25, -0.2) is 0 Å². The lowest BCUT2D eigenvalue weighted by Crippen LogP contribution is -2.22. The molecule has 4 heteroatoms. The van der Waals surface area contributed by atoms with Crippen molar-refractivity contribution in [1.82, 2.24) is 14.9 Å². The van der Waals surface area contributed by atoms with Crippen molar-refractivity contribution in [3.8, 4) is 16.9 Å². The van der Waals surface area contributed by atoms with Gasteiger partial charge in [0.15, 0.2) is 0 Å². The summed E-state index contributed by atoms with van der Waals surface area (Å²) in [5, 5.41) is 2.96. The van der Waals surface area contributed by atoms with E-state index in [1.807, 2.05) is 60.7 Å². The van der Waals surface area contributed by atoms with Gasteiger partial charge in [-0.2, -0.15) is 0 Å². The van der Waals surface area contributed by atoms with Crippen molar-refractivity contribution in [1.29, 1.82) is 0 Å². The molecule has 0 unspecified atom stereocenters. The highest BCUT2D eigenvalue weighted by Crippen LogP contribution is 2.27. The number of aromatic nitrogens is 2. The highest BCUT2D eigenvalue weighted by atomic mass is 16.1. The van der Waals surface area contributed by atoms with E-state index in [-0.39, 0.29) is 5.91 Å². The number of carbonyl (C=O) groups is 1. The summed E-state index contributed by atoms with van der Waals surface area (Å²) in [5.74, 6) is -0.0845. The molecular weight excluding hydrogens is 358 g/mol. The smallest absolute Gasteiger partial charge is 0.251 e. The molecule has 0 bridgehead atoms. The third-order valence-electron chi connectivity index (χ3n) is 5.01. The lowest BCUT2D eigenvalue weighted by molar-refractivity contribution is 0.0951. The Morgan fingerprint density at radius 1 is 0.862 bits per heavy atom. The van der Waals surface area contributed by atoms with Gasteiger partial charge in [-0.15, -0.1) is 0 Å². The van der Waals surface area contributed by atoms with Gasteiger partial charge in [0, 0.05) is 35.3 Å². The third-order valence-corrected chi connectivity index (χ3v) is 5.01. The van der Waals surface area contributed by atoms with Crippen LogP contribution in [-0.2, 0) is 6.54 Å². The molecule has 4 aromatic rings. The number of benzene rings is 2. The fourth-order valence-corrected chi connectivity index (χ4v) is 3.51. The minimum absolute atomic E-state index is 0.0845. The van der Waals surface area contributed by atoms with Crippen molar-refractivity contribution in [2.75, 3.05) is 0 Å². The molecule has 29 heavy (non-hydrogen) atoms. The molecule has 1 N–H and O–H groups in total. The predicted molar refractivity (Wildman–Crippen MR) is 116 cm³/mol. The molecule has 2 aromatic carbocycles. The standard InChI is InChI=1S/C25H23N3O/c1-18-10-11-19(2)28(18)23-9-6-16-26-24(23)21-12-14-22(15-13-21)25(29)27-17-20-7-4-3-5-8-20/h3-16H,17H2,1-2H3,(H,27,29). The van der Waals surface area contributed by atoms with E-state index in [1.165, 1.54) is 0 Å². The minimum Gasteiger partial charge on any atom is -0.348 e. The van der Waals surface area contributed by atoms with Crippen LogP contribution in [-0.4, -0.2) is 15.5 Å². The largest absolute Gasteiger partial charge is 0.348 e. The maximum atomic E-state index is 12.5. The van der Waals surface area contributed by atoms with Crippen molar-refractivity contribution in [3.05, 3.63) is 108 Å². The topological polar surface area (TPSA) is 46.9 Å². The average molecular weight is 381 g/mol. The first kappa shape index (κ1) is 18.7. The second-order valence-electron chi connectivity index (χ2n) is 7.07. The van der Waals surface area contributed by atoms with E-state index in [2.05, 4.69) is 46.9 Å². The summed E-state index contributed by atoms with van der Waals surface area (Å²) in [6.45, 7) is 4.69. The lowest BCUT2D eigenvalue weighted by atomic mass is 10.1. The molecule has 0 aliphatic heterocycles. The number of rotatable bonds is 5. The maximum absolute atomic E-state index is 12.5. The van der Waals surface area contributed by atoms with E-state index in [0.29, 0.717) is 12.1 Å². The number of nitrogens with zero attached hydrogens (tertiary/aromatic N) is 2. The van der Waals surface area contributed by atoms with Crippen LogP contribution in [0.25, 0.3) is 16.9 Å². The van der Waals surface area contributed by atoms with E-state index in [1.54, 1.807) is 6.20 Å². The Hall–Kier alpha value is -3.66. The number of nitrogens with one attached hydrogen (secondary N) is 1. The Morgan fingerprint density at radius 2 is 1.55 bits per heavy atom. The first-order chi connectivity index (χ1) is 14.1. The summed E-state index contributed by atoms with van der Waals surface area (Å²) in [4.78, 5) is 17.1. The van der Waals surface area contributed by atoms with Crippen LogP contribution in [0.1, 0.15) is 27.3 Å². The van der Waals surface area contributed by atoms with Gasteiger partial charge < -0.3 is 9.88 Å². The Kier molecular flexibility index (Phi) is 5.25. The van der Waals surface area contributed by atoms with Gasteiger partial charge in [-0.05, 0) is 55.8 Å². The first-order valence-corrected chi connectivity index (χ1v) is 9.66. The average Bonchev–Trinajstić information content (AvgIpc) is 3.11. The second kappa shape index (κ2) is 8.15. The van der Waals surface area contributed by atoms with Crippen molar-refractivity contribution in [2.45, 2.75) is 20.4 Å². The van der Waals surface area contributed by atoms with Crippen LogP contribution >= 0.6 is 0 Å². The molecule has 144 valence electrons. The molecule has 1 amide bonds. The zero-order valence-electron chi connectivity index (χ0n) is 16.6. The van der Waals surface area contributed by atoms with Crippen LogP contribution in [0.5, 0.6) is 0 Å². The molecule has 0 radical (unpaired) electrons. The number of pyridine rings is 1. The monoisotopic (exact) mass is 381 g/mol. The molecule has 2 aromatic heterocycles. The predicted octanol–water partition coefficient (Wildman–Crippen LogP) is 5.09. The van der Waals surface area contributed by atoms with Gasteiger partial charge in [0.2, 0.25) is 0 Å². The Labute approximate surface area is 170 Å². The Bertz CT molecular complexity index is 1110. The Balaban J connectivity index is 1.57. The number of aryl methyl sites for hydroxylation is 2. The van der Waals surface area contributed by atoms with Crippen molar-refractivity contribution in [3.63, 3.8) is 0 Å². The normalized spacial score (nSPS) is 10.7. The molecule has 4 rings (SSSR count). The van der Waals surface area contributed by atoms with Crippen molar-refractivity contribution >= 4 is 5.91 Å². The van der Waals surface area contributed by atoms with Crippen LogP contribution in [0, 0.1) is 13.8 Å². The van der Waals surface area contributed by atoms with Crippen molar-refractivity contribution in [2.24, 2.45) is 0 Å². The van der Waals surface area contributed by atoms with Crippen LogP contribution in [0.2, 0.25) is 0 Å². The van der Waals surface area contributed by atoms with Gasteiger partial charge in [0.1, 0.15) is 0 Å². The number of hydrogen-bond donors (Lipinski definition) is 1. The molecule has 4 nitrogen and oxygen atoms in total. The molecule has 0 saturated heterocycles. The van der Waals surface area contributed by atoms with E-state index in [4.69, 9.17) is 0 Å². The molecule has 0 aliphatic rings. The van der Waals surface area contributed by atoms with E-state index in [0.717, 1.165) is 33.9 Å². The van der Waals surface area contributed by atoms with Gasteiger partial charge in [0.05, 0.1) is 11.4 Å². The molecule has 0 aliphatic carbocycles. The zero-order chi connectivity index (χ0) is 20.2. The quantitative estimate of drug-likeness (QED) is 0.524. The molecule has 0 spiro atoms. The second-order valence-corrected chi connectivity index (χ2v) is 7.07. The number of hydrogen-bond acceptors (Lipinski definition) is 2. The highest BCUT2D eigenvalue weighted by molar-refractivity contribution is 5.94. The summed E-state index contributed by atoms with van der Waals surface area (Å²) < 4.78 is 2.20. The third kappa shape index (κ3) is 3.97. The number of amides is 1. The van der Waals surface area contributed by atoms with Crippen molar-refractivity contribution < 1.29 is 4.79 Å². The van der Waals surface area contributed by atoms with Gasteiger partial charge in [0.25, 0.3) is 5.91 Å². The van der Waals surface area contributed by atoms with Gasteiger partial charge >= 0.3 is 0 Å². The molecule has 0 saturated carbocycles. The lowest BCUT2D eigenvalue weighted by Gasteiger charge is -2.14. The van der Waals surface area contributed by atoms with Crippen LogP contribution in [0.15, 0.2) is 85.1 Å². The van der Waals surface area contributed by atoms with E-state index < -0.39 is 0 Å². The molecular formula is C25H23N3O. The first-order valence-electron chi connectivity index (χ1n) is 9.66. The summed E-state index contributed by atoms with van der Waals surface area (Å²) in [7, 11) is 0. The summed E-state index contributed by atoms with van der Waals surface area (Å²) in [6.07, 6.45) is 1.80. The molecule has 0 fully saturated rings. The number of carbonyl (C=O) groups excluding carboxylic acids is 1.